The Labute approximate surface area is 131 Å². The summed E-state index contributed by atoms with van der Waals surface area (Å²) >= 11 is 5.30. The molecule has 1 aliphatic rings. The van der Waals surface area contributed by atoms with Crippen LogP contribution < -0.4 is 15.5 Å². The van der Waals surface area contributed by atoms with E-state index in [1.807, 2.05) is 12.1 Å². The maximum absolute atomic E-state index is 6.00. The van der Waals surface area contributed by atoms with Crippen LogP contribution in [0.5, 0.6) is 0 Å². The maximum atomic E-state index is 6.00. The number of rotatable bonds is 3. The fourth-order valence-corrected chi connectivity index (χ4v) is 3.03. The molecule has 2 aromatic rings. The Kier molecular flexibility index (Phi) is 4.06. The van der Waals surface area contributed by atoms with E-state index in [-0.39, 0.29) is 6.04 Å². The lowest BCUT2D eigenvalue weighted by atomic mass is 10.1. The minimum atomic E-state index is 0.0661. The molecule has 108 valence electrons. The van der Waals surface area contributed by atoms with Crippen LogP contribution in [0.3, 0.4) is 0 Å². The Morgan fingerprint density at radius 3 is 2.05 bits per heavy atom. The van der Waals surface area contributed by atoms with E-state index in [4.69, 9.17) is 18.0 Å². The van der Waals surface area contributed by atoms with Crippen LogP contribution in [0.1, 0.15) is 0 Å². The number of benzene rings is 2. The Morgan fingerprint density at radius 2 is 1.48 bits per heavy atom. The van der Waals surface area contributed by atoms with E-state index in [1.165, 1.54) is 11.4 Å². The molecule has 3 rings (SSSR count). The molecule has 2 N–H and O–H groups in total. The predicted molar refractivity (Wildman–Crippen MR) is 93.0 cm³/mol. The summed E-state index contributed by atoms with van der Waals surface area (Å²) in [5, 5.41) is 0. The number of anilines is 2. The summed E-state index contributed by atoms with van der Waals surface area (Å²) < 4.78 is 0. The molecule has 4 heteroatoms. The van der Waals surface area contributed by atoms with Gasteiger partial charge in [-0.15, -0.1) is 0 Å². The molecule has 0 aromatic heterocycles. The summed E-state index contributed by atoms with van der Waals surface area (Å²) in [6, 6.07) is 20.9. The highest BCUT2D eigenvalue weighted by atomic mass is 32.1. The van der Waals surface area contributed by atoms with Crippen molar-refractivity contribution in [3.63, 3.8) is 0 Å². The standard InChI is InChI=1S/C17H19N3S/c18-17(21)16-13-19(14-7-3-1-4-8-14)11-12-20(16)15-9-5-2-6-10-15/h1-10,16H,11-13H2,(H2,18,21). The van der Waals surface area contributed by atoms with Gasteiger partial charge < -0.3 is 15.5 Å². The molecule has 1 aliphatic heterocycles. The molecule has 1 heterocycles. The van der Waals surface area contributed by atoms with Gasteiger partial charge in [0.05, 0.1) is 11.0 Å². The maximum Gasteiger partial charge on any atom is 0.0974 e. The molecule has 0 radical (unpaired) electrons. The zero-order valence-electron chi connectivity index (χ0n) is 11.9. The first-order chi connectivity index (χ1) is 10.3. The lowest BCUT2D eigenvalue weighted by molar-refractivity contribution is 0.604. The second-order valence-corrected chi connectivity index (χ2v) is 5.70. The molecule has 1 fully saturated rings. The van der Waals surface area contributed by atoms with Crippen molar-refractivity contribution in [3.8, 4) is 0 Å². The minimum absolute atomic E-state index is 0.0661. The lowest BCUT2D eigenvalue weighted by Crippen LogP contribution is -2.58. The van der Waals surface area contributed by atoms with Gasteiger partial charge >= 0.3 is 0 Å². The Bertz CT molecular complexity index is 600. The number of hydrogen-bond acceptors (Lipinski definition) is 3. The van der Waals surface area contributed by atoms with Gasteiger partial charge in [-0.1, -0.05) is 48.6 Å². The molecule has 0 aliphatic carbocycles. The van der Waals surface area contributed by atoms with Gasteiger partial charge in [0.1, 0.15) is 0 Å². The lowest BCUT2D eigenvalue weighted by Gasteiger charge is -2.43. The topological polar surface area (TPSA) is 32.5 Å². The van der Waals surface area contributed by atoms with E-state index in [0.717, 1.165) is 19.6 Å². The average Bonchev–Trinajstić information content (AvgIpc) is 2.56. The highest BCUT2D eigenvalue weighted by Crippen LogP contribution is 2.24. The molecule has 0 saturated carbocycles. The average molecular weight is 297 g/mol. The van der Waals surface area contributed by atoms with Gasteiger partial charge in [-0.2, -0.15) is 0 Å². The Hall–Kier alpha value is -2.07. The first-order valence-corrected chi connectivity index (χ1v) is 7.57. The number of thiocarbonyl (C=S) groups is 1. The quantitative estimate of drug-likeness (QED) is 0.883. The van der Waals surface area contributed by atoms with Crippen LogP contribution in [-0.2, 0) is 0 Å². The molecule has 1 atom stereocenters. The molecule has 21 heavy (non-hydrogen) atoms. The van der Waals surface area contributed by atoms with Crippen LogP contribution in [0.2, 0.25) is 0 Å². The molecule has 0 bridgehead atoms. The van der Waals surface area contributed by atoms with Crippen molar-refractivity contribution in [1.82, 2.24) is 0 Å². The van der Waals surface area contributed by atoms with E-state index in [1.54, 1.807) is 0 Å². The molecule has 3 nitrogen and oxygen atoms in total. The summed E-state index contributed by atoms with van der Waals surface area (Å²) in [7, 11) is 0. The van der Waals surface area contributed by atoms with E-state index in [0.29, 0.717) is 4.99 Å². The Balaban J connectivity index is 1.83. The summed E-state index contributed by atoms with van der Waals surface area (Å²) in [5.74, 6) is 0. The van der Waals surface area contributed by atoms with Crippen molar-refractivity contribution in [1.29, 1.82) is 0 Å². The van der Waals surface area contributed by atoms with Crippen molar-refractivity contribution < 1.29 is 0 Å². The van der Waals surface area contributed by atoms with Crippen LogP contribution >= 0.6 is 12.2 Å². The second-order valence-electron chi connectivity index (χ2n) is 5.23. The first kappa shape index (κ1) is 13.9. The van der Waals surface area contributed by atoms with Gasteiger partial charge in [-0.05, 0) is 24.3 Å². The zero-order chi connectivity index (χ0) is 14.7. The highest BCUT2D eigenvalue weighted by molar-refractivity contribution is 7.80. The minimum Gasteiger partial charge on any atom is -0.392 e. The van der Waals surface area contributed by atoms with Crippen LogP contribution in [-0.4, -0.2) is 30.7 Å². The van der Waals surface area contributed by atoms with Crippen LogP contribution in [0.15, 0.2) is 60.7 Å². The van der Waals surface area contributed by atoms with Gasteiger partial charge in [0.25, 0.3) is 0 Å². The predicted octanol–water partition coefficient (Wildman–Crippen LogP) is 2.67. The van der Waals surface area contributed by atoms with Crippen molar-refractivity contribution >= 4 is 28.6 Å². The van der Waals surface area contributed by atoms with Crippen LogP contribution in [0, 0.1) is 0 Å². The number of nitrogens with zero attached hydrogens (tertiary/aromatic N) is 2. The highest BCUT2D eigenvalue weighted by Gasteiger charge is 2.29. The second kappa shape index (κ2) is 6.14. The number of hydrogen-bond donors (Lipinski definition) is 1. The molecular formula is C17H19N3S. The van der Waals surface area contributed by atoms with Crippen LogP contribution in [0.25, 0.3) is 0 Å². The van der Waals surface area contributed by atoms with Gasteiger partial charge in [-0.3, -0.25) is 0 Å². The summed E-state index contributed by atoms with van der Waals surface area (Å²) in [6.07, 6.45) is 0. The van der Waals surface area contributed by atoms with Gasteiger partial charge in [0, 0.05) is 31.0 Å². The number of nitrogens with two attached hydrogens (primary N) is 1. The summed E-state index contributed by atoms with van der Waals surface area (Å²) in [5.41, 5.74) is 8.41. The fraction of sp³-hybridized carbons (Fsp3) is 0.235. The van der Waals surface area contributed by atoms with Crippen LogP contribution in [0.4, 0.5) is 11.4 Å². The van der Waals surface area contributed by atoms with E-state index >= 15 is 0 Å². The van der Waals surface area contributed by atoms with Gasteiger partial charge in [0.15, 0.2) is 0 Å². The first-order valence-electron chi connectivity index (χ1n) is 7.17. The third-order valence-electron chi connectivity index (χ3n) is 3.92. The SMILES string of the molecule is NC(=S)C1CN(c2ccccc2)CCN1c1ccccc1. The van der Waals surface area contributed by atoms with Crippen molar-refractivity contribution in [2.75, 3.05) is 29.4 Å². The van der Waals surface area contributed by atoms with E-state index in [2.05, 4.69) is 58.3 Å². The third-order valence-corrected chi connectivity index (χ3v) is 4.19. The molecule has 2 aromatic carbocycles. The van der Waals surface area contributed by atoms with Gasteiger partial charge in [-0.25, -0.2) is 0 Å². The third kappa shape index (κ3) is 3.00. The smallest absolute Gasteiger partial charge is 0.0974 e. The largest absolute Gasteiger partial charge is 0.392 e. The molecular weight excluding hydrogens is 278 g/mol. The number of piperazine rings is 1. The molecule has 1 unspecified atom stereocenters. The Morgan fingerprint density at radius 1 is 0.905 bits per heavy atom. The van der Waals surface area contributed by atoms with Crippen molar-refractivity contribution in [3.05, 3.63) is 60.7 Å². The van der Waals surface area contributed by atoms with Crippen molar-refractivity contribution in [2.24, 2.45) is 5.73 Å². The summed E-state index contributed by atoms with van der Waals surface area (Å²) in [4.78, 5) is 5.21. The summed E-state index contributed by atoms with van der Waals surface area (Å²) in [6.45, 7) is 2.72. The van der Waals surface area contributed by atoms with Crippen molar-refractivity contribution in [2.45, 2.75) is 6.04 Å². The van der Waals surface area contributed by atoms with Gasteiger partial charge in [0.2, 0.25) is 0 Å². The normalized spacial score (nSPS) is 18.6. The monoisotopic (exact) mass is 297 g/mol. The number of para-hydroxylation sites is 2. The van der Waals surface area contributed by atoms with E-state index < -0.39 is 0 Å². The molecule has 0 spiro atoms. The fourth-order valence-electron chi connectivity index (χ4n) is 2.83. The van der Waals surface area contributed by atoms with E-state index in [9.17, 15) is 0 Å². The zero-order valence-corrected chi connectivity index (χ0v) is 12.7. The molecule has 0 amide bonds. The molecule has 1 saturated heterocycles.